The summed E-state index contributed by atoms with van der Waals surface area (Å²) in [5.41, 5.74) is -1.68. The van der Waals surface area contributed by atoms with Crippen LogP contribution in [0.4, 0.5) is 11.4 Å². The second-order valence-corrected chi connectivity index (χ2v) is 5.12. The van der Waals surface area contributed by atoms with E-state index < -0.39 is 48.7 Å². The van der Waals surface area contributed by atoms with Crippen molar-refractivity contribution in [2.45, 2.75) is 4.90 Å². The Hall–Kier alpha value is -2.60. The number of hydrogen-bond acceptors (Lipinski definition) is 7. The van der Waals surface area contributed by atoms with Gasteiger partial charge in [-0.05, 0) is 6.07 Å². The van der Waals surface area contributed by atoms with Crippen LogP contribution >= 0.6 is 0 Å². The van der Waals surface area contributed by atoms with Crippen LogP contribution in [0.25, 0.3) is 0 Å². The second kappa shape index (κ2) is 5.58. The Morgan fingerprint density at radius 1 is 1.25 bits per heavy atom. The molecule has 11 nitrogen and oxygen atoms in total. The zero-order chi connectivity index (χ0) is 15.5. The van der Waals surface area contributed by atoms with E-state index in [2.05, 4.69) is 0 Å². The number of rotatable bonds is 6. The van der Waals surface area contributed by atoms with E-state index in [4.69, 9.17) is 5.11 Å². The number of carboxylic acid groups (broad SMARTS) is 1. The van der Waals surface area contributed by atoms with Crippen molar-refractivity contribution < 1.29 is 28.2 Å². The van der Waals surface area contributed by atoms with Crippen molar-refractivity contribution >= 4 is 27.4 Å². The van der Waals surface area contributed by atoms with Gasteiger partial charge in [0.25, 0.3) is 11.4 Å². The van der Waals surface area contributed by atoms with Crippen molar-refractivity contribution in [1.82, 2.24) is 4.72 Å². The molecule has 0 aliphatic rings. The van der Waals surface area contributed by atoms with Crippen LogP contribution in [0, 0.1) is 20.2 Å². The minimum atomic E-state index is -4.47. The molecule has 0 radical (unpaired) electrons. The molecule has 1 aromatic carbocycles. The van der Waals surface area contributed by atoms with Crippen molar-refractivity contribution in [3.63, 3.8) is 0 Å². The zero-order valence-electron chi connectivity index (χ0n) is 9.55. The van der Waals surface area contributed by atoms with Gasteiger partial charge in [0.05, 0.1) is 15.9 Å². The van der Waals surface area contributed by atoms with Crippen LogP contribution in [0.3, 0.4) is 0 Å². The van der Waals surface area contributed by atoms with Gasteiger partial charge in [-0.25, -0.2) is 8.42 Å². The Bertz CT molecular complexity index is 683. The highest BCUT2D eigenvalue weighted by atomic mass is 32.2. The topological polar surface area (TPSA) is 170 Å². The molecule has 0 aliphatic carbocycles. The maximum Gasteiger partial charge on any atom is 0.318 e. The van der Waals surface area contributed by atoms with Crippen LogP contribution in [0.1, 0.15) is 0 Å². The van der Waals surface area contributed by atoms with Gasteiger partial charge in [-0.3, -0.25) is 25.0 Å². The molecule has 0 fully saturated rings. The molecule has 0 unspecified atom stereocenters. The molecule has 0 aliphatic heterocycles. The summed E-state index contributed by atoms with van der Waals surface area (Å²) in [5, 5.41) is 29.6. The number of sulfonamides is 1. The molecule has 0 bridgehead atoms. The smallest absolute Gasteiger partial charge is 0.318 e. The van der Waals surface area contributed by atoms with Crippen molar-refractivity contribution in [2.24, 2.45) is 0 Å². The predicted molar refractivity (Wildman–Crippen MR) is 62.6 cm³/mol. The number of carbonyl (C=O) groups is 1. The second-order valence-electron chi connectivity index (χ2n) is 3.38. The van der Waals surface area contributed by atoms with Gasteiger partial charge in [-0.15, -0.1) is 0 Å². The molecule has 0 heterocycles. The summed E-state index contributed by atoms with van der Waals surface area (Å²) in [4.78, 5) is 28.7. The maximum absolute atomic E-state index is 11.7. The fourth-order valence-corrected chi connectivity index (χ4v) is 2.35. The summed E-state index contributed by atoms with van der Waals surface area (Å²) in [6, 6.07) is 1.91. The molecule has 0 spiro atoms. The maximum atomic E-state index is 11.7. The number of nitrogens with zero attached hydrogens (tertiary/aromatic N) is 2. The van der Waals surface area contributed by atoms with Gasteiger partial charge in [-0.2, -0.15) is 4.72 Å². The van der Waals surface area contributed by atoms with Gasteiger partial charge in [-0.1, -0.05) is 0 Å². The summed E-state index contributed by atoms with van der Waals surface area (Å²) in [6.45, 7) is -0.976. The molecule has 20 heavy (non-hydrogen) atoms. The molecule has 0 aromatic heterocycles. The highest BCUT2D eigenvalue weighted by molar-refractivity contribution is 7.89. The first-order valence-corrected chi connectivity index (χ1v) is 6.28. The summed E-state index contributed by atoms with van der Waals surface area (Å²) in [6.07, 6.45) is 0. The normalized spacial score (nSPS) is 11.0. The van der Waals surface area contributed by atoms with Crippen LogP contribution in [0.5, 0.6) is 0 Å². The van der Waals surface area contributed by atoms with Crippen molar-refractivity contribution in [3.05, 3.63) is 38.4 Å². The van der Waals surface area contributed by atoms with Gasteiger partial charge in [0.1, 0.15) is 6.54 Å². The third kappa shape index (κ3) is 3.46. The van der Waals surface area contributed by atoms with Crippen LogP contribution in [0.2, 0.25) is 0 Å². The Balaban J connectivity index is 3.34. The average Bonchev–Trinajstić information content (AvgIpc) is 2.35. The minimum Gasteiger partial charge on any atom is -0.480 e. The van der Waals surface area contributed by atoms with E-state index in [0.717, 1.165) is 6.07 Å². The van der Waals surface area contributed by atoms with Gasteiger partial charge >= 0.3 is 5.97 Å². The quantitative estimate of drug-likeness (QED) is 0.540. The SMILES string of the molecule is O=C(O)CNS(=O)(=O)c1ccc([N+](=O)[O-])cc1[N+](=O)[O-]. The molecule has 0 atom stereocenters. The highest BCUT2D eigenvalue weighted by Gasteiger charge is 2.28. The van der Waals surface area contributed by atoms with Gasteiger partial charge in [0.15, 0.2) is 4.90 Å². The number of non-ortho nitro benzene ring substituents is 1. The number of benzene rings is 1. The minimum absolute atomic E-state index is 0.481. The number of hydrogen-bond donors (Lipinski definition) is 2. The Morgan fingerprint density at radius 2 is 1.85 bits per heavy atom. The standard InChI is InChI=1S/C8H7N3O8S/c12-8(13)4-9-20(18,19)7-2-1-5(10(14)15)3-6(7)11(16)17/h1-3,9H,4H2,(H,12,13). The van der Waals surface area contributed by atoms with E-state index in [0.29, 0.717) is 12.1 Å². The number of nitrogens with one attached hydrogen (secondary N) is 1. The first-order valence-electron chi connectivity index (χ1n) is 4.79. The summed E-state index contributed by atoms with van der Waals surface area (Å²) < 4.78 is 25.0. The van der Waals surface area contributed by atoms with E-state index in [1.165, 1.54) is 0 Å². The largest absolute Gasteiger partial charge is 0.480 e. The van der Waals surface area contributed by atoms with E-state index >= 15 is 0 Å². The van der Waals surface area contributed by atoms with Crippen LogP contribution in [0.15, 0.2) is 23.1 Å². The van der Waals surface area contributed by atoms with Crippen molar-refractivity contribution in [2.75, 3.05) is 6.54 Å². The van der Waals surface area contributed by atoms with Gasteiger partial charge in [0, 0.05) is 6.07 Å². The Morgan fingerprint density at radius 3 is 2.30 bits per heavy atom. The molecular weight excluding hydrogens is 298 g/mol. The lowest BCUT2D eigenvalue weighted by atomic mass is 10.3. The summed E-state index contributed by atoms with van der Waals surface area (Å²) in [5.74, 6) is -1.49. The van der Waals surface area contributed by atoms with Crippen LogP contribution < -0.4 is 4.72 Å². The van der Waals surface area contributed by atoms with Crippen LogP contribution in [-0.2, 0) is 14.8 Å². The van der Waals surface area contributed by atoms with Crippen LogP contribution in [-0.4, -0.2) is 35.9 Å². The van der Waals surface area contributed by atoms with Crippen molar-refractivity contribution in [3.8, 4) is 0 Å². The third-order valence-electron chi connectivity index (χ3n) is 2.05. The predicted octanol–water partition coefficient (Wildman–Crippen LogP) is -0.134. The van der Waals surface area contributed by atoms with E-state index in [1.807, 2.05) is 0 Å². The summed E-state index contributed by atoms with van der Waals surface area (Å²) >= 11 is 0. The lowest BCUT2D eigenvalue weighted by molar-refractivity contribution is -0.396. The summed E-state index contributed by atoms with van der Waals surface area (Å²) in [7, 11) is -4.47. The third-order valence-corrected chi connectivity index (χ3v) is 3.50. The fourth-order valence-electron chi connectivity index (χ4n) is 1.22. The Kier molecular flexibility index (Phi) is 4.31. The number of aliphatic carboxylic acids is 1. The monoisotopic (exact) mass is 305 g/mol. The van der Waals surface area contributed by atoms with E-state index in [-0.39, 0.29) is 0 Å². The lowest BCUT2D eigenvalue weighted by Gasteiger charge is -2.05. The molecule has 2 N–H and O–H groups in total. The molecule has 1 rings (SSSR count). The molecule has 12 heteroatoms. The molecule has 108 valence electrons. The Labute approximate surface area is 111 Å². The van der Waals surface area contributed by atoms with Gasteiger partial charge in [0.2, 0.25) is 10.0 Å². The molecule has 0 saturated heterocycles. The lowest BCUT2D eigenvalue weighted by Crippen LogP contribution is -2.29. The number of carboxylic acids is 1. The molecular formula is C8H7N3O8S. The van der Waals surface area contributed by atoms with E-state index in [1.54, 1.807) is 4.72 Å². The molecule has 0 amide bonds. The van der Waals surface area contributed by atoms with Crippen molar-refractivity contribution in [1.29, 1.82) is 0 Å². The first-order chi connectivity index (χ1) is 9.15. The fraction of sp³-hybridized carbons (Fsp3) is 0.125. The molecule has 1 aromatic rings. The number of nitro groups is 2. The molecule has 0 saturated carbocycles. The van der Waals surface area contributed by atoms with Gasteiger partial charge < -0.3 is 5.11 Å². The average molecular weight is 305 g/mol. The number of nitro benzene ring substituents is 2. The first kappa shape index (κ1) is 15.5. The van der Waals surface area contributed by atoms with E-state index in [9.17, 15) is 33.4 Å². The zero-order valence-corrected chi connectivity index (χ0v) is 10.4. The highest BCUT2D eigenvalue weighted by Crippen LogP contribution is 2.27.